The van der Waals surface area contributed by atoms with Crippen molar-refractivity contribution in [2.75, 3.05) is 12.8 Å². The van der Waals surface area contributed by atoms with Gasteiger partial charge < -0.3 is 4.74 Å². The number of ether oxygens (including phenoxy) is 1. The van der Waals surface area contributed by atoms with E-state index < -0.39 is 10.0 Å². The van der Waals surface area contributed by atoms with Crippen LogP contribution in [0.5, 0.6) is 5.75 Å². The maximum atomic E-state index is 11.0. The van der Waals surface area contributed by atoms with Crippen LogP contribution < -0.4 is 9.46 Å². The maximum absolute atomic E-state index is 11.0. The second-order valence-electron chi connectivity index (χ2n) is 4.83. The predicted octanol–water partition coefficient (Wildman–Crippen LogP) is 2.36. The SMILES string of the molecule is CS(=O)(=O)NCCc1ccc(OCc2ccccc2)cc1. The van der Waals surface area contributed by atoms with Gasteiger partial charge in [0.1, 0.15) is 12.4 Å². The van der Waals surface area contributed by atoms with Gasteiger partial charge in [0, 0.05) is 6.54 Å². The van der Waals surface area contributed by atoms with Gasteiger partial charge in [-0.1, -0.05) is 42.5 Å². The summed E-state index contributed by atoms with van der Waals surface area (Å²) in [5.74, 6) is 0.804. The molecule has 0 heterocycles. The van der Waals surface area contributed by atoms with E-state index in [2.05, 4.69) is 4.72 Å². The van der Waals surface area contributed by atoms with Crippen molar-refractivity contribution in [3.05, 3.63) is 65.7 Å². The summed E-state index contributed by atoms with van der Waals surface area (Å²) in [5, 5.41) is 0. The largest absolute Gasteiger partial charge is 0.489 e. The van der Waals surface area contributed by atoms with Gasteiger partial charge in [-0.05, 0) is 29.7 Å². The number of nitrogens with one attached hydrogen (secondary N) is 1. The molecule has 0 fully saturated rings. The minimum Gasteiger partial charge on any atom is -0.489 e. The molecule has 0 saturated heterocycles. The molecule has 4 nitrogen and oxygen atoms in total. The van der Waals surface area contributed by atoms with Crippen molar-refractivity contribution < 1.29 is 13.2 Å². The van der Waals surface area contributed by atoms with E-state index in [0.717, 1.165) is 23.1 Å². The highest BCUT2D eigenvalue weighted by Gasteiger charge is 2.01. The molecule has 0 aliphatic rings. The lowest BCUT2D eigenvalue weighted by atomic mass is 10.1. The molecule has 0 saturated carbocycles. The Hall–Kier alpha value is -1.85. The molecular formula is C16H19NO3S. The zero-order valence-corrected chi connectivity index (χ0v) is 12.8. The summed E-state index contributed by atoms with van der Waals surface area (Å²) in [6, 6.07) is 17.7. The van der Waals surface area contributed by atoms with Crippen LogP contribution in [0.1, 0.15) is 11.1 Å². The fraction of sp³-hybridized carbons (Fsp3) is 0.250. The second kappa shape index (κ2) is 7.24. The van der Waals surface area contributed by atoms with E-state index in [1.165, 1.54) is 0 Å². The molecule has 0 aromatic heterocycles. The highest BCUT2D eigenvalue weighted by atomic mass is 32.2. The molecule has 0 bridgehead atoms. The molecule has 21 heavy (non-hydrogen) atoms. The molecule has 0 aliphatic carbocycles. The highest BCUT2D eigenvalue weighted by Crippen LogP contribution is 2.14. The zero-order valence-electron chi connectivity index (χ0n) is 12.0. The monoisotopic (exact) mass is 305 g/mol. The number of sulfonamides is 1. The third-order valence-corrected chi connectivity index (χ3v) is 3.68. The molecule has 0 radical (unpaired) electrons. The molecule has 2 aromatic rings. The first-order chi connectivity index (χ1) is 10.0. The van der Waals surface area contributed by atoms with Crippen molar-refractivity contribution in [3.8, 4) is 5.75 Å². The average molecular weight is 305 g/mol. The quantitative estimate of drug-likeness (QED) is 0.854. The number of hydrogen-bond acceptors (Lipinski definition) is 3. The van der Waals surface area contributed by atoms with Gasteiger partial charge in [0.25, 0.3) is 0 Å². The first-order valence-electron chi connectivity index (χ1n) is 6.73. The molecule has 0 atom stereocenters. The summed E-state index contributed by atoms with van der Waals surface area (Å²) in [6.07, 6.45) is 1.82. The lowest BCUT2D eigenvalue weighted by Crippen LogP contribution is -2.24. The number of hydrogen-bond donors (Lipinski definition) is 1. The van der Waals surface area contributed by atoms with Crippen molar-refractivity contribution in [2.24, 2.45) is 0 Å². The first-order valence-corrected chi connectivity index (χ1v) is 8.62. The smallest absolute Gasteiger partial charge is 0.208 e. The molecule has 0 unspecified atom stereocenters. The molecule has 2 rings (SSSR count). The van der Waals surface area contributed by atoms with Crippen LogP contribution in [0, 0.1) is 0 Å². The average Bonchev–Trinajstić information content (AvgIpc) is 2.46. The maximum Gasteiger partial charge on any atom is 0.208 e. The Morgan fingerprint density at radius 1 is 0.952 bits per heavy atom. The molecule has 0 spiro atoms. The fourth-order valence-electron chi connectivity index (χ4n) is 1.87. The third kappa shape index (κ3) is 5.97. The highest BCUT2D eigenvalue weighted by molar-refractivity contribution is 7.88. The summed E-state index contributed by atoms with van der Waals surface area (Å²) < 4.78 is 30.1. The number of rotatable bonds is 7. The van der Waals surface area contributed by atoms with E-state index in [9.17, 15) is 8.42 Å². The lowest BCUT2D eigenvalue weighted by molar-refractivity contribution is 0.306. The Balaban J connectivity index is 1.82. The van der Waals surface area contributed by atoms with Gasteiger partial charge in [-0.3, -0.25) is 0 Å². The summed E-state index contributed by atoms with van der Waals surface area (Å²) in [5.41, 5.74) is 2.19. The van der Waals surface area contributed by atoms with Crippen LogP contribution in [0.4, 0.5) is 0 Å². The summed E-state index contributed by atoms with van der Waals surface area (Å²) in [4.78, 5) is 0. The van der Waals surface area contributed by atoms with Crippen LogP contribution in [0.2, 0.25) is 0 Å². The molecule has 2 aromatic carbocycles. The van der Waals surface area contributed by atoms with Gasteiger partial charge in [0.05, 0.1) is 6.26 Å². The minimum atomic E-state index is -3.12. The first kappa shape index (κ1) is 15.5. The van der Waals surface area contributed by atoms with Gasteiger partial charge in [-0.2, -0.15) is 0 Å². The van der Waals surface area contributed by atoms with E-state index in [0.29, 0.717) is 19.6 Å². The summed E-state index contributed by atoms with van der Waals surface area (Å²) in [6.45, 7) is 0.943. The van der Waals surface area contributed by atoms with Crippen molar-refractivity contribution in [2.45, 2.75) is 13.0 Å². The molecule has 5 heteroatoms. The second-order valence-corrected chi connectivity index (χ2v) is 6.67. The summed E-state index contributed by atoms with van der Waals surface area (Å²) >= 11 is 0. The molecular weight excluding hydrogens is 286 g/mol. The molecule has 0 amide bonds. The zero-order chi connectivity index (χ0) is 15.1. The van der Waals surface area contributed by atoms with Gasteiger partial charge in [0.15, 0.2) is 0 Å². The Morgan fingerprint density at radius 2 is 1.62 bits per heavy atom. The van der Waals surface area contributed by atoms with Crippen LogP contribution >= 0.6 is 0 Å². The minimum absolute atomic E-state index is 0.406. The van der Waals surface area contributed by atoms with E-state index in [1.807, 2.05) is 54.6 Å². The van der Waals surface area contributed by atoms with Crippen LogP contribution in [0.25, 0.3) is 0 Å². The van der Waals surface area contributed by atoms with Gasteiger partial charge in [-0.25, -0.2) is 13.1 Å². The lowest BCUT2D eigenvalue weighted by Gasteiger charge is -2.07. The van der Waals surface area contributed by atoms with Crippen molar-refractivity contribution in [1.82, 2.24) is 4.72 Å². The van der Waals surface area contributed by atoms with Crippen LogP contribution in [-0.4, -0.2) is 21.2 Å². The Morgan fingerprint density at radius 3 is 2.24 bits per heavy atom. The molecule has 112 valence electrons. The number of benzene rings is 2. The predicted molar refractivity (Wildman–Crippen MR) is 83.8 cm³/mol. The van der Waals surface area contributed by atoms with E-state index in [1.54, 1.807) is 0 Å². The topological polar surface area (TPSA) is 55.4 Å². The van der Waals surface area contributed by atoms with Crippen LogP contribution in [0.15, 0.2) is 54.6 Å². The van der Waals surface area contributed by atoms with Crippen LogP contribution in [0.3, 0.4) is 0 Å². The Labute approximate surface area is 125 Å². The van der Waals surface area contributed by atoms with E-state index >= 15 is 0 Å². The Kier molecular flexibility index (Phi) is 5.36. The van der Waals surface area contributed by atoms with Crippen molar-refractivity contribution in [3.63, 3.8) is 0 Å². The molecule has 1 N–H and O–H groups in total. The van der Waals surface area contributed by atoms with Gasteiger partial charge in [0.2, 0.25) is 10.0 Å². The third-order valence-electron chi connectivity index (χ3n) is 2.95. The van der Waals surface area contributed by atoms with Crippen LogP contribution in [-0.2, 0) is 23.1 Å². The van der Waals surface area contributed by atoms with Gasteiger partial charge >= 0.3 is 0 Å². The summed E-state index contributed by atoms with van der Waals surface area (Å²) in [7, 11) is -3.12. The standard InChI is InChI=1S/C16H19NO3S/c1-21(18,19)17-12-11-14-7-9-16(10-8-14)20-13-15-5-3-2-4-6-15/h2-10,17H,11-13H2,1H3. The van der Waals surface area contributed by atoms with Gasteiger partial charge in [-0.15, -0.1) is 0 Å². The van der Waals surface area contributed by atoms with Crippen molar-refractivity contribution >= 4 is 10.0 Å². The fourth-order valence-corrected chi connectivity index (χ4v) is 2.35. The Bertz CT molecular complexity index is 652. The van der Waals surface area contributed by atoms with E-state index in [4.69, 9.17) is 4.74 Å². The van der Waals surface area contributed by atoms with Crippen molar-refractivity contribution in [1.29, 1.82) is 0 Å². The van der Waals surface area contributed by atoms with E-state index in [-0.39, 0.29) is 0 Å². The molecule has 0 aliphatic heterocycles. The normalized spacial score (nSPS) is 11.3.